The second-order valence-corrected chi connectivity index (χ2v) is 2.38. The summed E-state index contributed by atoms with van der Waals surface area (Å²) in [4.78, 5) is 8.67. The minimum absolute atomic E-state index is 0.200. The third-order valence-electron chi connectivity index (χ3n) is 1.64. The number of nitrogens with two attached hydrogens (primary N) is 1. The highest BCUT2D eigenvalue weighted by Gasteiger charge is 2.10. The Morgan fingerprint density at radius 2 is 2.33 bits per heavy atom. The number of pyridine rings is 1. The van der Waals surface area contributed by atoms with Gasteiger partial charge in [0.1, 0.15) is 6.10 Å². The first kappa shape index (κ1) is 8.96. The number of methoxy groups -OCH3 is 1. The molecule has 0 saturated carbocycles. The van der Waals surface area contributed by atoms with Crippen LogP contribution in [0.3, 0.4) is 0 Å². The minimum Gasteiger partial charge on any atom is -0.481 e. The highest BCUT2D eigenvalue weighted by atomic mass is 16.6. The standard InChI is InChI=1S/C8H12N2O2/c1-6(12-9)7-4-3-5-10-8(7)11-2/h3-6H,9H2,1-2H3. The summed E-state index contributed by atoms with van der Waals surface area (Å²) in [6, 6.07) is 3.68. The van der Waals surface area contributed by atoms with Crippen LogP contribution in [0.4, 0.5) is 0 Å². The van der Waals surface area contributed by atoms with Gasteiger partial charge in [-0.05, 0) is 19.1 Å². The normalized spacial score (nSPS) is 12.6. The van der Waals surface area contributed by atoms with Gasteiger partial charge in [0.25, 0.3) is 0 Å². The molecular weight excluding hydrogens is 156 g/mol. The molecule has 1 atom stereocenters. The molecule has 0 aromatic carbocycles. The molecule has 1 rings (SSSR count). The van der Waals surface area contributed by atoms with Gasteiger partial charge in [0.05, 0.1) is 7.11 Å². The van der Waals surface area contributed by atoms with E-state index in [0.29, 0.717) is 5.88 Å². The zero-order chi connectivity index (χ0) is 8.97. The molecule has 12 heavy (non-hydrogen) atoms. The summed E-state index contributed by atoms with van der Waals surface area (Å²) in [5.41, 5.74) is 0.850. The first-order chi connectivity index (χ1) is 5.79. The lowest BCUT2D eigenvalue weighted by Crippen LogP contribution is -2.07. The molecule has 1 aromatic heterocycles. The van der Waals surface area contributed by atoms with Crippen LogP contribution < -0.4 is 10.6 Å². The molecule has 1 unspecified atom stereocenters. The van der Waals surface area contributed by atoms with E-state index in [1.54, 1.807) is 13.3 Å². The van der Waals surface area contributed by atoms with E-state index in [9.17, 15) is 0 Å². The molecule has 0 bridgehead atoms. The fourth-order valence-electron chi connectivity index (χ4n) is 0.957. The Balaban J connectivity index is 2.96. The summed E-state index contributed by atoms with van der Waals surface area (Å²) in [6.07, 6.45) is 1.46. The fraction of sp³-hybridized carbons (Fsp3) is 0.375. The minimum atomic E-state index is -0.200. The van der Waals surface area contributed by atoms with Gasteiger partial charge in [-0.3, -0.25) is 4.84 Å². The number of rotatable bonds is 3. The number of nitrogens with zero attached hydrogens (tertiary/aromatic N) is 1. The highest BCUT2D eigenvalue weighted by Crippen LogP contribution is 2.22. The van der Waals surface area contributed by atoms with Gasteiger partial charge in [-0.25, -0.2) is 10.9 Å². The van der Waals surface area contributed by atoms with E-state index in [1.165, 1.54) is 0 Å². The molecule has 0 fully saturated rings. The van der Waals surface area contributed by atoms with Crippen molar-refractivity contribution in [1.82, 2.24) is 4.98 Å². The lowest BCUT2D eigenvalue weighted by atomic mass is 10.2. The molecule has 0 amide bonds. The molecule has 0 aliphatic carbocycles. The Hall–Kier alpha value is -1.13. The molecule has 0 saturated heterocycles. The zero-order valence-electron chi connectivity index (χ0n) is 7.15. The zero-order valence-corrected chi connectivity index (χ0v) is 7.15. The smallest absolute Gasteiger partial charge is 0.218 e. The first-order valence-electron chi connectivity index (χ1n) is 3.64. The summed E-state index contributed by atoms with van der Waals surface area (Å²) >= 11 is 0. The summed E-state index contributed by atoms with van der Waals surface area (Å²) in [5, 5.41) is 0. The third-order valence-corrected chi connectivity index (χ3v) is 1.64. The Morgan fingerprint density at radius 1 is 1.58 bits per heavy atom. The van der Waals surface area contributed by atoms with Crippen LogP contribution in [-0.4, -0.2) is 12.1 Å². The van der Waals surface area contributed by atoms with Gasteiger partial charge in [0.2, 0.25) is 5.88 Å². The average Bonchev–Trinajstić information content (AvgIpc) is 2.16. The van der Waals surface area contributed by atoms with Crippen molar-refractivity contribution >= 4 is 0 Å². The van der Waals surface area contributed by atoms with Crippen molar-refractivity contribution in [2.24, 2.45) is 5.90 Å². The van der Waals surface area contributed by atoms with Gasteiger partial charge in [0.15, 0.2) is 0 Å². The second kappa shape index (κ2) is 4.04. The van der Waals surface area contributed by atoms with Crippen LogP contribution in [0.2, 0.25) is 0 Å². The van der Waals surface area contributed by atoms with Gasteiger partial charge in [-0.1, -0.05) is 0 Å². The molecule has 0 radical (unpaired) electrons. The molecule has 1 heterocycles. The average molecular weight is 168 g/mol. The summed E-state index contributed by atoms with van der Waals surface area (Å²) in [6.45, 7) is 1.83. The molecule has 0 aliphatic rings. The maximum Gasteiger partial charge on any atom is 0.218 e. The Morgan fingerprint density at radius 3 is 2.92 bits per heavy atom. The topological polar surface area (TPSA) is 57.4 Å². The maximum absolute atomic E-state index is 5.04. The van der Waals surface area contributed by atoms with Gasteiger partial charge in [-0.2, -0.15) is 0 Å². The number of ether oxygens (including phenoxy) is 1. The SMILES string of the molecule is COc1ncccc1C(C)ON. The van der Waals surface area contributed by atoms with Gasteiger partial charge in [-0.15, -0.1) is 0 Å². The van der Waals surface area contributed by atoms with Crippen LogP contribution in [-0.2, 0) is 4.84 Å². The number of hydrogen-bond acceptors (Lipinski definition) is 4. The lowest BCUT2D eigenvalue weighted by Gasteiger charge is -2.11. The Kier molecular flexibility index (Phi) is 3.01. The van der Waals surface area contributed by atoms with Crippen LogP contribution in [0.15, 0.2) is 18.3 Å². The summed E-state index contributed by atoms with van der Waals surface area (Å²) in [7, 11) is 1.56. The van der Waals surface area contributed by atoms with Gasteiger partial charge < -0.3 is 4.74 Å². The lowest BCUT2D eigenvalue weighted by molar-refractivity contribution is 0.0641. The van der Waals surface area contributed by atoms with Crippen molar-refractivity contribution in [3.8, 4) is 5.88 Å². The number of hydrogen-bond donors (Lipinski definition) is 1. The van der Waals surface area contributed by atoms with Crippen LogP contribution >= 0.6 is 0 Å². The van der Waals surface area contributed by atoms with E-state index >= 15 is 0 Å². The largest absolute Gasteiger partial charge is 0.481 e. The Bertz CT molecular complexity index is 253. The van der Waals surface area contributed by atoms with Crippen molar-refractivity contribution in [1.29, 1.82) is 0 Å². The van der Waals surface area contributed by atoms with Crippen LogP contribution in [0.25, 0.3) is 0 Å². The molecule has 0 spiro atoms. The monoisotopic (exact) mass is 168 g/mol. The molecule has 1 aromatic rings. The van der Waals surface area contributed by atoms with Crippen LogP contribution in [0, 0.1) is 0 Å². The third kappa shape index (κ3) is 1.72. The van der Waals surface area contributed by atoms with E-state index in [4.69, 9.17) is 10.6 Å². The molecule has 2 N–H and O–H groups in total. The molecule has 0 aliphatic heterocycles. The molecular formula is C8H12N2O2. The van der Waals surface area contributed by atoms with Gasteiger partial charge >= 0.3 is 0 Å². The number of aromatic nitrogens is 1. The van der Waals surface area contributed by atoms with E-state index in [0.717, 1.165) is 5.56 Å². The molecule has 4 heteroatoms. The van der Waals surface area contributed by atoms with E-state index in [-0.39, 0.29) is 6.10 Å². The fourth-order valence-corrected chi connectivity index (χ4v) is 0.957. The van der Waals surface area contributed by atoms with Crippen LogP contribution in [0.5, 0.6) is 5.88 Å². The quantitative estimate of drug-likeness (QED) is 0.685. The summed E-state index contributed by atoms with van der Waals surface area (Å²) in [5.74, 6) is 5.60. The van der Waals surface area contributed by atoms with Crippen molar-refractivity contribution in [3.05, 3.63) is 23.9 Å². The summed E-state index contributed by atoms with van der Waals surface area (Å²) < 4.78 is 5.02. The van der Waals surface area contributed by atoms with Crippen molar-refractivity contribution in [2.45, 2.75) is 13.0 Å². The Labute approximate surface area is 71.3 Å². The van der Waals surface area contributed by atoms with E-state index in [2.05, 4.69) is 9.82 Å². The van der Waals surface area contributed by atoms with Crippen LogP contribution in [0.1, 0.15) is 18.6 Å². The second-order valence-electron chi connectivity index (χ2n) is 2.38. The van der Waals surface area contributed by atoms with E-state index < -0.39 is 0 Å². The predicted octanol–water partition coefficient (Wildman–Crippen LogP) is 1.04. The molecule has 66 valence electrons. The predicted molar refractivity (Wildman–Crippen MR) is 44.5 cm³/mol. The van der Waals surface area contributed by atoms with Crippen molar-refractivity contribution in [3.63, 3.8) is 0 Å². The molecule has 4 nitrogen and oxygen atoms in total. The first-order valence-corrected chi connectivity index (χ1v) is 3.64. The van der Waals surface area contributed by atoms with Crippen molar-refractivity contribution < 1.29 is 9.57 Å². The van der Waals surface area contributed by atoms with Crippen molar-refractivity contribution in [2.75, 3.05) is 7.11 Å². The van der Waals surface area contributed by atoms with E-state index in [1.807, 2.05) is 19.1 Å². The highest BCUT2D eigenvalue weighted by molar-refractivity contribution is 5.27. The van der Waals surface area contributed by atoms with Gasteiger partial charge in [0, 0.05) is 11.8 Å². The maximum atomic E-state index is 5.04.